The standard InChI is InChI=1S/C18H30N2O2/c1-14(13-20(4)5)12-19-17(21)16-8-6-7-15(11-16)9-10-18(2,3)22/h6-8,11,14,22H,9-10,12-13H2,1-5H3,(H,19,21). The maximum absolute atomic E-state index is 12.2. The van der Waals surface area contributed by atoms with Crippen LogP contribution >= 0.6 is 0 Å². The molecule has 0 aliphatic carbocycles. The van der Waals surface area contributed by atoms with Crippen LogP contribution in [0.3, 0.4) is 0 Å². The van der Waals surface area contributed by atoms with Gasteiger partial charge < -0.3 is 15.3 Å². The van der Waals surface area contributed by atoms with Crippen LogP contribution in [0.5, 0.6) is 0 Å². The van der Waals surface area contributed by atoms with E-state index in [2.05, 4.69) is 17.1 Å². The van der Waals surface area contributed by atoms with Crippen LogP contribution in [0, 0.1) is 5.92 Å². The van der Waals surface area contributed by atoms with E-state index < -0.39 is 5.60 Å². The Bertz CT molecular complexity index is 478. The molecule has 1 aromatic carbocycles. The maximum Gasteiger partial charge on any atom is 0.251 e. The minimum absolute atomic E-state index is 0.0317. The molecular formula is C18H30N2O2. The van der Waals surface area contributed by atoms with Gasteiger partial charge in [0.25, 0.3) is 5.91 Å². The molecule has 0 saturated heterocycles. The van der Waals surface area contributed by atoms with Gasteiger partial charge in [-0.2, -0.15) is 0 Å². The number of carbonyl (C=O) groups is 1. The number of nitrogens with zero attached hydrogens (tertiary/aromatic N) is 1. The lowest BCUT2D eigenvalue weighted by atomic mass is 9.98. The van der Waals surface area contributed by atoms with Crippen molar-refractivity contribution in [1.82, 2.24) is 10.2 Å². The first-order valence-electron chi connectivity index (χ1n) is 7.91. The van der Waals surface area contributed by atoms with E-state index in [9.17, 15) is 9.90 Å². The highest BCUT2D eigenvalue weighted by atomic mass is 16.3. The van der Waals surface area contributed by atoms with Crippen LogP contribution < -0.4 is 5.32 Å². The SMILES string of the molecule is CC(CNC(=O)c1cccc(CCC(C)(C)O)c1)CN(C)C. The second-order valence-corrected chi connectivity index (χ2v) is 7.09. The van der Waals surface area contributed by atoms with Gasteiger partial charge in [-0.25, -0.2) is 0 Å². The molecule has 0 aromatic heterocycles. The molecule has 0 bridgehead atoms. The summed E-state index contributed by atoms with van der Waals surface area (Å²) < 4.78 is 0. The van der Waals surface area contributed by atoms with Gasteiger partial charge in [0.05, 0.1) is 5.60 Å². The van der Waals surface area contributed by atoms with E-state index in [4.69, 9.17) is 0 Å². The van der Waals surface area contributed by atoms with E-state index in [1.165, 1.54) is 0 Å². The zero-order valence-electron chi connectivity index (χ0n) is 14.5. The molecule has 1 aromatic rings. The largest absolute Gasteiger partial charge is 0.390 e. The van der Waals surface area contributed by atoms with Crippen molar-refractivity contribution in [3.63, 3.8) is 0 Å². The van der Waals surface area contributed by atoms with E-state index in [0.29, 0.717) is 24.4 Å². The lowest BCUT2D eigenvalue weighted by Crippen LogP contribution is -2.32. The molecule has 0 aliphatic rings. The topological polar surface area (TPSA) is 52.6 Å². The summed E-state index contributed by atoms with van der Waals surface area (Å²) in [6.45, 7) is 7.35. The Labute approximate surface area is 134 Å². The number of hydrogen-bond acceptors (Lipinski definition) is 3. The zero-order chi connectivity index (χ0) is 16.8. The van der Waals surface area contributed by atoms with E-state index >= 15 is 0 Å². The van der Waals surface area contributed by atoms with E-state index in [-0.39, 0.29) is 5.91 Å². The van der Waals surface area contributed by atoms with Crippen molar-refractivity contribution in [2.75, 3.05) is 27.2 Å². The number of benzene rings is 1. The summed E-state index contributed by atoms with van der Waals surface area (Å²) in [4.78, 5) is 14.3. The zero-order valence-corrected chi connectivity index (χ0v) is 14.5. The fraction of sp³-hybridized carbons (Fsp3) is 0.611. The molecule has 124 valence electrons. The summed E-state index contributed by atoms with van der Waals surface area (Å²) in [5.74, 6) is 0.382. The smallest absolute Gasteiger partial charge is 0.251 e. The first-order valence-corrected chi connectivity index (χ1v) is 7.91. The quantitative estimate of drug-likeness (QED) is 0.775. The summed E-state index contributed by atoms with van der Waals surface area (Å²) in [7, 11) is 4.06. The summed E-state index contributed by atoms with van der Waals surface area (Å²) >= 11 is 0. The highest BCUT2D eigenvalue weighted by Crippen LogP contribution is 2.14. The van der Waals surface area contributed by atoms with Crippen LogP contribution in [0.25, 0.3) is 0 Å². The molecule has 0 radical (unpaired) electrons. The minimum Gasteiger partial charge on any atom is -0.390 e. The average molecular weight is 306 g/mol. The molecule has 0 saturated carbocycles. The van der Waals surface area contributed by atoms with Gasteiger partial charge in [0.2, 0.25) is 0 Å². The van der Waals surface area contributed by atoms with E-state index in [0.717, 1.165) is 18.5 Å². The van der Waals surface area contributed by atoms with Crippen molar-refractivity contribution in [2.45, 2.75) is 39.2 Å². The first-order chi connectivity index (χ1) is 10.2. The van der Waals surface area contributed by atoms with Crippen molar-refractivity contribution in [3.8, 4) is 0 Å². The summed E-state index contributed by atoms with van der Waals surface area (Å²) in [5, 5.41) is 12.8. The number of rotatable bonds is 8. The highest BCUT2D eigenvalue weighted by Gasteiger charge is 2.13. The van der Waals surface area contributed by atoms with Crippen LogP contribution in [0.1, 0.15) is 43.1 Å². The minimum atomic E-state index is -0.681. The summed E-state index contributed by atoms with van der Waals surface area (Å²) in [6.07, 6.45) is 1.44. The molecule has 1 rings (SSSR count). The number of hydrogen-bond donors (Lipinski definition) is 2. The van der Waals surface area contributed by atoms with Gasteiger partial charge in [0.1, 0.15) is 0 Å². The van der Waals surface area contributed by atoms with Crippen LogP contribution in [-0.2, 0) is 6.42 Å². The number of aryl methyl sites for hydroxylation is 1. The van der Waals surface area contributed by atoms with Gasteiger partial charge in [-0.15, -0.1) is 0 Å². The molecule has 1 amide bonds. The van der Waals surface area contributed by atoms with Crippen molar-refractivity contribution < 1.29 is 9.90 Å². The Balaban J connectivity index is 2.55. The number of carbonyl (C=O) groups excluding carboxylic acids is 1. The van der Waals surface area contributed by atoms with Gasteiger partial charge in [-0.3, -0.25) is 4.79 Å². The molecule has 0 fully saturated rings. The molecule has 2 N–H and O–H groups in total. The predicted molar refractivity (Wildman–Crippen MR) is 91.1 cm³/mol. The van der Waals surface area contributed by atoms with Crippen LogP contribution in [0.15, 0.2) is 24.3 Å². The Hall–Kier alpha value is -1.39. The highest BCUT2D eigenvalue weighted by molar-refractivity contribution is 5.94. The third kappa shape index (κ3) is 7.57. The normalized spacial score (nSPS) is 13.2. The van der Waals surface area contributed by atoms with Crippen LogP contribution in [0.2, 0.25) is 0 Å². The molecule has 4 heteroatoms. The van der Waals surface area contributed by atoms with Crippen molar-refractivity contribution in [1.29, 1.82) is 0 Å². The molecule has 0 spiro atoms. The lowest BCUT2D eigenvalue weighted by molar-refractivity contribution is 0.0714. The number of aliphatic hydroxyl groups is 1. The van der Waals surface area contributed by atoms with Gasteiger partial charge in [-0.05, 0) is 64.4 Å². The maximum atomic E-state index is 12.2. The molecule has 22 heavy (non-hydrogen) atoms. The molecule has 0 aliphatic heterocycles. The Kier molecular flexibility index (Phi) is 7.04. The van der Waals surface area contributed by atoms with Crippen molar-refractivity contribution in [3.05, 3.63) is 35.4 Å². The number of amides is 1. The Morgan fingerprint density at radius 2 is 2.05 bits per heavy atom. The Morgan fingerprint density at radius 3 is 2.64 bits per heavy atom. The van der Waals surface area contributed by atoms with Gasteiger partial charge in [-0.1, -0.05) is 19.1 Å². The molecule has 0 heterocycles. The lowest BCUT2D eigenvalue weighted by Gasteiger charge is -2.18. The van der Waals surface area contributed by atoms with E-state index in [1.807, 2.05) is 38.4 Å². The molecule has 1 unspecified atom stereocenters. The molecular weight excluding hydrogens is 276 g/mol. The third-order valence-electron chi connectivity index (χ3n) is 3.50. The predicted octanol–water partition coefficient (Wildman–Crippen LogP) is 2.32. The van der Waals surface area contributed by atoms with Crippen LogP contribution in [-0.4, -0.2) is 48.7 Å². The van der Waals surface area contributed by atoms with Gasteiger partial charge in [0.15, 0.2) is 0 Å². The van der Waals surface area contributed by atoms with E-state index in [1.54, 1.807) is 13.8 Å². The van der Waals surface area contributed by atoms with Crippen molar-refractivity contribution in [2.24, 2.45) is 5.92 Å². The van der Waals surface area contributed by atoms with Crippen LogP contribution in [0.4, 0.5) is 0 Å². The summed E-state index contributed by atoms with van der Waals surface area (Å²) in [5.41, 5.74) is 1.08. The van der Waals surface area contributed by atoms with Gasteiger partial charge in [0, 0.05) is 18.7 Å². The average Bonchev–Trinajstić information content (AvgIpc) is 2.41. The Morgan fingerprint density at radius 1 is 1.36 bits per heavy atom. The first kappa shape index (κ1) is 18.7. The fourth-order valence-electron chi connectivity index (χ4n) is 2.38. The molecule has 1 atom stereocenters. The third-order valence-corrected chi connectivity index (χ3v) is 3.50. The van der Waals surface area contributed by atoms with Crippen molar-refractivity contribution >= 4 is 5.91 Å². The second-order valence-electron chi connectivity index (χ2n) is 7.09. The second kappa shape index (κ2) is 8.30. The summed E-state index contributed by atoms with van der Waals surface area (Å²) in [6, 6.07) is 7.65. The fourth-order valence-corrected chi connectivity index (χ4v) is 2.38. The number of nitrogens with one attached hydrogen (secondary N) is 1. The molecule has 4 nitrogen and oxygen atoms in total. The monoisotopic (exact) mass is 306 g/mol. The van der Waals surface area contributed by atoms with Gasteiger partial charge >= 0.3 is 0 Å².